The number of rotatable bonds is 5. The molecule has 174 valence electrons. The molecule has 1 saturated heterocycles. The monoisotopic (exact) mass is 474 g/mol. The number of morpholine rings is 1. The van der Waals surface area contributed by atoms with Crippen LogP contribution in [-0.2, 0) is 9.53 Å². The van der Waals surface area contributed by atoms with Crippen molar-refractivity contribution in [3.05, 3.63) is 70.8 Å². The minimum absolute atomic E-state index is 0.215. The topological polar surface area (TPSA) is 68.9 Å². The summed E-state index contributed by atoms with van der Waals surface area (Å²) in [6, 6.07) is 16.0. The molecule has 7 nitrogen and oxygen atoms in total. The molecule has 0 atom stereocenters. The highest BCUT2D eigenvalue weighted by Crippen LogP contribution is 2.34. The molecule has 1 amide bonds. The Kier molecular flexibility index (Phi) is 6.51. The molecule has 5 rings (SSSR count). The quantitative estimate of drug-likeness (QED) is 0.506. The first-order valence-corrected chi connectivity index (χ1v) is 12.2. The third kappa shape index (κ3) is 4.64. The molecule has 0 unspecified atom stereocenters. The van der Waals surface area contributed by atoms with Crippen molar-refractivity contribution in [2.45, 2.75) is 13.8 Å². The number of carbonyl (C=O) groups is 1. The first kappa shape index (κ1) is 22.4. The Hall–Kier alpha value is -3.36. The minimum atomic E-state index is -0.215. The van der Waals surface area contributed by atoms with Crippen molar-refractivity contribution in [2.24, 2.45) is 4.99 Å². The van der Waals surface area contributed by atoms with Crippen LogP contribution < -0.4 is 4.74 Å². The number of para-hydroxylation sites is 1. The van der Waals surface area contributed by atoms with Crippen LogP contribution in [0.2, 0.25) is 0 Å². The summed E-state index contributed by atoms with van der Waals surface area (Å²) in [5.74, 6) is 0.645. The van der Waals surface area contributed by atoms with E-state index in [1.165, 1.54) is 11.8 Å². The van der Waals surface area contributed by atoms with Crippen LogP contribution in [0.5, 0.6) is 5.75 Å². The zero-order chi connectivity index (χ0) is 23.5. The molecule has 0 bridgehead atoms. The number of amides is 1. The zero-order valence-electron chi connectivity index (χ0n) is 19.2. The Morgan fingerprint density at radius 1 is 1.15 bits per heavy atom. The Balaban J connectivity index is 1.52. The van der Waals surface area contributed by atoms with E-state index in [0.717, 1.165) is 52.1 Å². The molecule has 0 N–H and O–H groups in total. The number of nitrogens with zero attached hydrogens (tertiary/aromatic N) is 4. The van der Waals surface area contributed by atoms with E-state index in [1.54, 1.807) is 0 Å². The number of amidine groups is 1. The van der Waals surface area contributed by atoms with E-state index in [-0.39, 0.29) is 5.91 Å². The number of aryl methyl sites for hydroxylation is 1. The maximum absolute atomic E-state index is 12.7. The lowest BCUT2D eigenvalue weighted by molar-refractivity contribution is -0.113. The molecule has 1 aromatic heterocycles. The lowest BCUT2D eigenvalue weighted by Gasteiger charge is -2.27. The fourth-order valence-electron chi connectivity index (χ4n) is 3.97. The molecule has 8 heteroatoms. The van der Waals surface area contributed by atoms with Crippen LogP contribution in [0.3, 0.4) is 0 Å². The summed E-state index contributed by atoms with van der Waals surface area (Å²) in [6.07, 6.45) is 3.86. The molecule has 1 fully saturated rings. The van der Waals surface area contributed by atoms with Crippen molar-refractivity contribution < 1.29 is 14.3 Å². The van der Waals surface area contributed by atoms with Gasteiger partial charge in [0.05, 0.1) is 30.4 Å². The molecular weight excluding hydrogens is 448 g/mol. The maximum atomic E-state index is 12.7. The molecule has 2 aliphatic heterocycles. The van der Waals surface area contributed by atoms with E-state index in [4.69, 9.17) is 14.6 Å². The molecule has 3 aromatic rings. The Bertz CT molecular complexity index is 1260. The standard InChI is InChI=1S/C26H26N4O3S/c1-3-33-22-10-9-19(15-18(22)2)24-20(17-30(28-24)21-7-5-4-6-8-21)16-23-25(31)27-26(34-23)29-11-13-32-14-12-29/h4-10,15-17H,3,11-14H2,1-2H3/b23-16+. The molecular formula is C26H26N4O3S. The molecule has 0 radical (unpaired) electrons. The first-order valence-electron chi connectivity index (χ1n) is 11.4. The largest absolute Gasteiger partial charge is 0.494 e. The van der Waals surface area contributed by atoms with Gasteiger partial charge in [0.2, 0.25) is 0 Å². The maximum Gasteiger partial charge on any atom is 0.286 e. The Morgan fingerprint density at radius 2 is 1.94 bits per heavy atom. The lowest BCUT2D eigenvalue weighted by Crippen LogP contribution is -2.38. The normalized spacial score (nSPS) is 17.4. The average molecular weight is 475 g/mol. The third-order valence-corrected chi connectivity index (χ3v) is 6.73. The van der Waals surface area contributed by atoms with Gasteiger partial charge in [0.25, 0.3) is 5.91 Å². The van der Waals surface area contributed by atoms with Crippen molar-refractivity contribution in [1.82, 2.24) is 14.7 Å². The summed E-state index contributed by atoms with van der Waals surface area (Å²) in [4.78, 5) is 19.8. The van der Waals surface area contributed by atoms with Crippen LogP contribution in [0.25, 0.3) is 23.0 Å². The second kappa shape index (κ2) is 9.87. The number of hydrogen-bond donors (Lipinski definition) is 0. The van der Waals surface area contributed by atoms with Gasteiger partial charge in [-0.15, -0.1) is 0 Å². The molecule has 0 saturated carbocycles. The highest BCUT2D eigenvalue weighted by molar-refractivity contribution is 8.18. The smallest absolute Gasteiger partial charge is 0.286 e. The van der Waals surface area contributed by atoms with Crippen molar-refractivity contribution in [1.29, 1.82) is 0 Å². The van der Waals surface area contributed by atoms with E-state index < -0.39 is 0 Å². The number of aromatic nitrogens is 2. The van der Waals surface area contributed by atoms with Gasteiger partial charge in [-0.05, 0) is 67.6 Å². The number of aliphatic imine (C=N–C) groups is 1. The van der Waals surface area contributed by atoms with Gasteiger partial charge in [-0.25, -0.2) is 4.68 Å². The van der Waals surface area contributed by atoms with E-state index in [0.29, 0.717) is 24.7 Å². The van der Waals surface area contributed by atoms with E-state index in [1.807, 2.05) is 73.3 Å². The summed E-state index contributed by atoms with van der Waals surface area (Å²) in [7, 11) is 0. The fraction of sp³-hybridized carbons (Fsp3) is 0.269. The Morgan fingerprint density at radius 3 is 2.68 bits per heavy atom. The third-order valence-electron chi connectivity index (χ3n) is 5.69. The van der Waals surface area contributed by atoms with Crippen molar-refractivity contribution in [3.63, 3.8) is 0 Å². The van der Waals surface area contributed by atoms with Crippen LogP contribution in [0, 0.1) is 6.92 Å². The van der Waals surface area contributed by atoms with Gasteiger partial charge in [-0.1, -0.05) is 18.2 Å². The SMILES string of the molecule is CCOc1ccc(-c2nn(-c3ccccc3)cc2/C=C2/SC(N3CCOCC3)=NC2=O)cc1C. The van der Waals surface area contributed by atoms with E-state index in [2.05, 4.69) is 16.0 Å². The van der Waals surface area contributed by atoms with Gasteiger partial charge in [0.15, 0.2) is 5.17 Å². The summed E-state index contributed by atoms with van der Waals surface area (Å²) in [6.45, 7) is 7.41. The summed E-state index contributed by atoms with van der Waals surface area (Å²) in [5, 5.41) is 5.63. The zero-order valence-corrected chi connectivity index (χ0v) is 20.0. The van der Waals surface area contributed by atoms with Gasteiger partial charge in [0.1, 0.15) is 11.4 Å². The highest BCUT2D eigenvalue weighted by atomic mass is 32.2. The predicted molar refractivity (Wildman–Crippen MR) is 135 cm³/mol. The second-order valence-electron chi connectivity index (χ2n) is 8.04. The number of hydrogen-bond acceptors (Lipinski definition) is 6. The fourth-order valence-corrected chi connectivity index (χ4v) is 4.93. The van der Waals surface area contributed by atoms with Gasteiger partial charge in [-0.3, -0.25) is 4.79 Å². The summed E-state index contributed by atoms with van der Waals surface area (Å²) in [5.41, 5.74) is 4.62. The predicted octanol–water partition coefficient (Wildman–Crippen LogP) is 4.55. The van der Waals surface area contributed by atoms with Crippen LogP contribution >= 0.6 is 11.8 Å². The number of ether oxygens (including phenoxy) is 2. The molecule has 0 spiro atoms. The number of benzene rings is 2. The van der Waals surface area contributed by atoms with Crippen LogP contribution in [-0.4, -0.2) is 58.7 Å². The van der Waals surface area contributed by atoms with Crippen LogP contribution in [0.1, 0.15) is 18.1 Å². The molecule has 2 aromatic carbocycles. The second-order valence-corrected chi connectivity index (χ2v) is 9.05. The van der Waals surface area contributed by atoms with Crippen molar-refractivity contribution >= 4 is 28.9 Å². The van der Waals surface area contributed by atoms with Gasteiger partial charge >= 0.3 is 0 Å². The van der Waals surface area contributed by atoms with Crippen molar-refractivity contribution in [2.75, 3.05) is 32.9 Å². The molecule has 3 heterocycles. The summed E-state index contributed by atoms with van der Waals surface area (Å²) < 4.78 is 13.0. The first-order chi connectivity index (χ1) is 16.6. The van der Waals surface area contributed by atoms with Gasteiger partial charge in [-0.2, -0.15) is 10.1 Å². The average Bonchev–Trinajstić information content (AvgIpc) is 3.45. The molecule has 2 aliphatic rings. The van der Waals surface area contributed by atoms with E-state index >= 15 is 0 Å². The van der Waals surface area contributed by atoms with Crippen molar-refractivity contribution in [3.8, 4) is 22.7 Å². The Labute approximate surface area is 203 Å². The molecule has 34 heavy (non-hydrogen) atoms. The lowest BCUT2D eigenvalue weighted by atomic mass is 10.0. The number of carbonyl (C=O) groups excluding carboxylic acids is 1. The van der Waals surface area contributed by atoms with Crippen LogP contribution in [0.4, 0.5) is 0 Å². The number of thioether (sulfide) groups is 1. The minimum Gasteiger partial charge on any atom is -0.494 e. The highest BCUT2D eigenvalue weighted by Gasteiger charge is 2.28. The van der Waals surface area contributed by atoms with Gasteiger partial charge < -0.3 is 14.4 Å². The van der Waals surface area contributed by atoms with E-state index in [9.17, 15) is 4.79 Å². The van der Waals surface area contributed by atoms with Gasteiger partial charge in [0, 0.05) is 30.4 Å². The summed E-state index contributed by atoms with van der Waals surface area (Å²) >= 11 is 1.42. The van der Waals surface area contributed by atoms with Crippen LogP contribution in [0.15, 0.2) is 64.6 Å². The molecule has 0 aliphatic carbocycles.